The Morgan fingerprint density at radius 3 is 2.52 bits per heavy atom. The normalized spacial score (nSPS) is 19.8. The van der Waals surface area contributed by atoms with Crippen LogP contribution >= 0.6 is 0 Å². The summed E-state index contributed by atoms with van der Waals surface area (Å²) in [7, 11) is 0. The minimum Gasteiger partial charge on any atom is -0.491 e. The molecule has 142 valence electrons. The van der Waals surface area contributed by atoms with Crippen molar-refractivity contribution in [2.45, 2.75) is 65.5 Å². The molecular weight excluding hydrogens is 316 g/mol. The second kappa shape index (κ2) is 9.53. The highest BCUT2D eigenvalue weighted by Crippen LogP contribution is 2.24. The molecule has 1 heterocycles. The van der Waals surface area contributed by atoms with Gasteiger partial charge in [-0.25, -0.2) is 0 Å². The Labute approximate surface area is 152 Å². The number of aliphatic hydroxyl groups excluding tert-OH is 2. The van der Waals surface area contributed by atoms with Crippen LogP contribution in [0.1, 0.15) is 45.2 Å². The third-order valence-corrected chi connectivity index (χ3v) is 4.80. The van der Waals surface area contributed by atoms with Gasteiger partial charge in [-0.3, -0.25) is 9.80 Å². The van der Waals surface area contributed by atoms with E-state index in [1.807, 2.05) is 26.0 Å². The maximum atomic E-state index is 9.64. The number of rotatable bonds is 8. The lowest BCUT2D eigenvalue weighted by Gasteiger charge is -2.43. The van der Waals surface area contributed by atoms with Crippen LogP contribution in [0.15, 0.2) is 18.2 Å². The summed E-state index contributed by atoms with van der Waals surface area (Å²) in [6, 6.07) is 7.02. The molecule has 1 fully saturated rings. The smallest absolute Gasteiger partial charge is 0.125 e. The molecule has 0 aromatic heterocycles. The Hall–Kier alpha value is -1.14. The van der Waals surface area contributed by atoms with E-state index < -0.39 is 0 Å². The van der Waals surface area contributed by atoms with E-state index in [1.54, 1.807) is 0 Å². The molecule has 5 nitrogen and oxygen atoms in total. The summed E-state index contributed by atoms with van der Waals surface area (Å²) in [5, 5.41) is 19.0. The van der Waals surface area contributed by atoms with Crippen LogP contribution in [0.2, 0.25) is 0 Å². The highest BCUT2D eigenvalue weighted by atomic mass is 16.5. The summed E-state index contributed by atoms with van der Waals surface area (Å²) in [5.41, 5.74) is 2.04. The first-order valence-corrected chi connectivity index (χ1v) is 9.42. The summed E-state index contributed by atoms with van der Waals surface area (Å²) >= 11 is 0. The van der Waals surface area contributed by atoms with Gasteiger partial charge in [0.2, 0.25) is 0 Å². The molecule has 1 unspecified atom stereocenters. The van der Waals surface area contributed by atoms with Gasteiger partial charge in [0.25, 0.3) is 0 Å². The van der Waals surface area contributed by atoms with Crippen molar-refractivity contribution in [3.8, 4) is 5.75 Å². The number of nitrogens with zero attached hydrogens (tertiary/aromatic N) is 2. The Bertz CT molecular complexity index is 534. The van der Waals surface area contributed by atoms with Gasteiger partial charge in [-0.05, 0) is 51.8 Å². The molecule has 0 spiro atoms. The van der Waals surface area contributed by atoms with E-state index >= 15 is 0 Å². The summed E-state index contributed by atoms with van der Waals surface area (Å²) < 4.78 is 5.76. The van der Waals surface area contributed by atoms with E-state index in [9.17, 15) is 10.2 Å². The number of ether oxygens (including phenoxy) is 1. The Morgan fingerprint density at radius 1 is 1.16 bits per heavy atom. The van der Waals surface area contributed by atoms with Crippen LogP contribution in [0.25, 0.3) is 0 Å². The lowest BCUT2D eigenvalue weighted by molar-refractivity contribution is 0.0349. The maximum Gasteiger partial charge on any atom is 0.125 e. The number of hydrogen-bond donors (Lipinski definition) is 2. The van der Waals surface area contributed by atoms with E-state index in [2.05, 4.69) is 29.7 Å². The number of hydrogen-bond acceptors (Lipinski definition) is 5. The topological polar surface area (TPSA) is 56.2 Å². The molecule has 0 bridgehead atoms. The molecule has 0 saturated carbocycles. The van der Waals surface area contributed by atoms with Gasteiger partial charge in [0, 0.05) is 50.4 Å². The third-order valence-electron chi connectivity index (χ3n) is 4.80. The van der Waals surface area contributed by atoms with E-state index in [0.717, 1.165) is 43.9 Å². The summed E-state index contributed by atoms with van der Waals surface area (Å²) in [4.78, 5) is 4.93. The molecule has 1 aromatic rings. The van der Waals surface area contributed by atoms with Crippen molar-refractivity contribution < 1.29 is 14.9 Å². The van der Waals surface area contributed by atoms with Gasteiger partial charge in [0.1, 0.15) is 5.75 Å². The quantitative estimate of drug-likeness (QED) is 0.753. The minimum atomic E-state index is -0.00976. The zero-order valence-electron chi connectivity index (χ0n) is 16.1. The first kappa shape index (κ1) is 20.2. The monoisotopic (exact) mass is 350 g/mol. The van der Waals surface area contributed by atoms with E-state index in [0.29, 0.717) is 12.1 Å². The predicted octanol–water partition coefficient (Wildman–Crippen LogP) is 2.24. The Balaban J connectivity index is 2.04. The molecule has 0 radical (unpaired) electrons. The van der Waals surface area contributed by atoms with Crippen LogP contribution in [-0.4, -0.2) is 64.4 Å². The Kier molecular flexibility index (Phi) is 7.69. The zero-order valence-corrected chi connectivity index (χ0v) is 16.1. The summed E-state index contributed by atoms with van der Waals surface area (Å²) in [6.45, 7) is 12.5. The molecule has 1 aromatic carbocycles. The average Bonchev–Trinajstić information content (AvgIpc) is 2.56. The lowest BCUT2D eigenvalue weighted by Crippen LogP contribution is -2.55. The average molecular weight is 351 g/mol. The van der Waals surface area contributed by atoms with Gasteiger partial charge < -0.3 is 14.9 Å². The fraction of sp³-hybridized carbons (Fsp3) is 0.700. The number of aliphatic hydroxyl groups is 2. The Morgan fingerprint density at radius 2 is 1.92 bits per heavy atom. The van der Waals surface area contributed by atoms with Crippen molar-refractivity contribution in [3.05, 3.63) is 29.3 Å². The molecule has 25 heavy (non-hydrogen) atoms. The number of benzene rings is 1. The van der Waals surface area contributed by atoms with Crippen LogP contribution in [0.3, 0.4) is 0 Å². The summed E-state index contributed by atoms with van der Waals surface area (Å²) in [6.07, 6.45) is 0.914. The molecule has 2 N–H and O–H groups in total. The fourth-order valence-electron chi connectivity index (χ4n) is 3.65. The second-order valence-electron chi connectivity index (χ2n) is 7.50. The van der Waals surface area contributed by atoms with Crippen LogP contribution < -0.4 is 4.74 Å². The molecular formula is C20H34N2O3. The van der Waals surface area contributed by atoms with Gasteiger partial charge in [-0.15, -0.1) is 0 Å². The van der Waals surface area contributed by atoms with Crippen LogP contribution in [0, 0.1) is 0 Å². The molecule has 5 heteroatoms. The van der Waals surface area contributed by atoms with Crippen molar-refractivity contribution in [2.75, 3.05) is 26.2 Å². The van der Waals surface area contributed by atoms with E-state index in [1.165, 1.54) is 5.56 Å². The third kappa shape index (κ3) is 5.68. The number of piperazine rings is 1. The predicted molar refractivity (Wildman–Crippen MR) is 101 cm³/mol. The van der Waals surface area contributed by atoms with Gasteiger partial charge >= 0.3 is 0 Å². The fourth-order valence-corrected chi connectivity index (χ4v) is 3.65. The van der Waals surface area contributed by atoms with Gasteiger partial charge in [-0.1, -0.05) is 6.07 Å². The lowest BCUT2D eigenvalue weighted by atomic mass is 10.0. The molecule has 0 aliphatic carbocycles. The van der Waals surface area contributed by atoms with Crippen molar-refractivity contribution in [1.82, 2.24) is 9.80 Å². The van der Waals surface area contributed by atoms with E-state index in [4.69, 9.17) is 4.74 Å². The first-order valence-electron chi connectivity index (χ1n) is 9.42. The van der Waals surface area contributed by atoms with E-state index in [-0.39, 0.29) is 19.3 Å². The zero-order chi connectivity index (χ0) is 18.4. The molecule has 1 saturated heterocycles. The van der Waals surface area contributed by atoms with Gasteiger partial charge in [-0.2, -0.15) is 0 Å². The van der Waals surface area contributed by atoms with Crippen LogP contribution in [-0.2, 0) is 13.2 Å². The van der Waals surface area contributed by atoms with Crippen LogP contribution in [0.4, 0.5) is 0 Å². The van der Waals surface area contributed by atoms with Gasteiger partial charge in [0.05, 0.1) is 12.7 Å². The maximum absolute atomic E-state index is 9.64. The molecule has 1 aliphatic rings. The van der Waals surface area contributed by atoms with Crippen molar-refractivity contribution in [1.29, 1.82) is 0 Å². The molecule has 1 aliphatic heterocycles. The SMILES string of the molecule is CC(C)Oc1ccc(CN2CCN(C(C)C)C(CCO)C2)cc1CO. The van der Waals surface area contributed by atoms with Crippen molar-refractivity contribution in [2.24, 2.45) is 0 Å². The molecule has 2 rings (SSSR count). The van der Waals surface area contributed by atoms with Gasteiger partial charge in [0.15, 0.2) is 0 Å². The van der Waals surface area contributed by atoms with Crippen molar-refractivity contribution in [3.63, 3.8) is 0 Å². The molecule has 1 atom stereocenters. The first-order chi connectivity index (χ1) is 11.9. The largest absolute Gasteiger partial charge is 0.491 e. The van der Waals surface area contributed by atoms with Crippen LogP contribution in [0.5, 0.6) is 5.75 Å². The second-order valence-corrected chi connectivity index (χ2v) is 7.50. The standard InChI is InChI=1S/C20H34N2O3/c1-15(2)22-9-8-21(13-19(22)7-10-23)12-17-5-6-20(25-16(3)4)18(11-17)14-24/h5-6,11,15-16,19,23-24H,7-10,12-14H2,1-4H3. The summed E-state index contributed by atoms with van der Waals surface area (Å²) in [5.74, 6) is 0.768. The minimum absolute atomic E-state index is 0.00976. The van der Waals surface area contributed by atoms with Crippen molar-refractivity contribution >= 4 is 0 Å². The molecule has 0 amide bonds. The highest BCUT2D eigenvalue weighted by Gasteiger charge is 2.28. The highest BCUT2D eigenvalue weighted by molar-refractivity contribution is 5.37.